The van der Waals surface area contributed by atoms with E-state index < -0.39 is 5.60 Å². The SMILES string of the molecule is CCCCCC(=O)NCC1(O)CCCCCC1. The molecule has 1 amide bonds. The fourth-order valence-corrected chi connectivity index (χ4v) is 2.45. The van der Waals surface area contributed by atoms with Gasteiger partial charge in [-0.25, -0.2) is 0 Å². The fourth-order valence-electron chi connectivity index (χ4n) is 2.45. The van der Waals surface area contributed by atoms with Crippen molar-refractivity contribution in [3.63, 3.8) is 0 Å². The Bertz CT molecular complexity index is 220. The van der Waals surface area contributed by atoms with Crippen LogP contribution in [0.15, 0.2) is 0 Å². The summed E-state index contributed by atoms with van der Waals surface area (Å²) in [6.07, 6.45) is 10.1. The molecule has 0 atom stereocenters. The van der Waals surface area contributed by atoms with Crippen molar-refractivity contribution in [2.75, 3.05) is 6.54 Å². The molecule has 1 saturated carbocycles. The van der Waals surface area contributed by atoms with Gasteiger partial charge >= 0.3 is 0 Å². The van der Waals surface area contributed by atoms with Crippen LogP contribution in [-0.4, -0.2) is 23.2 Å². The van der Waals surface area contributed by atoms with Crippen LogP contribution < -0.4 is 5.32 Å². The zero-order valence-electron chi connectivity index (χ0n) is 11.1. The largest absolute Gasteiger partial charge is 0.388 e. The molecule has 100 valence electrons. The quantitative estimate of drug-likeness (QED) is 0.555. The van der Waals surface area contributed by atoms with E-state index in [-0.39, 0.29) is 5.91 Å². The Hall–Kier alpha value is -0.570. The van der Waals surface area contributed by atoms with Crippen LogP contribution in [0.5, 0.6) is 0 Å². The van der Waals surface area contributed by atoms with E-state index in [1.54, 1.807) is 0 Å². The first kappa shape index (κ1) is 14.5. The van der Waals surface area contributed by atoms with Gasteiger partial charge in [-0.15, -0.1) is 0 Å². The minimum Gasteiger partial charge on any atom is -0.388 e. The second-order valence-electron chi connectivity index (χ2n) is 5.37. The number of carbonyl (C=O) groups is 1. The molecule has 0 aromatic rings. The number of nitrogens with one attached hydrogen (secondary N) is 1. The molecule has 1 aliphatic carbocycles. The molecule has 0 unspecified atom stereocenters. The topological polar surface area (TPSA) is 49.3 Å². The van der Waals surface area contributed by atoms with Gasteiger partial charge in [0.1, 0.15) is 0 Å². The summed E-state index contributed by atoms with van der Waals surface area (Å²) in [5, 5.41) is 13.2. The van der Waals surface area contributed by atoms with Crippen molar-refractivity contribution in [3.05, 3.63) is 0 Å². The van der Waals surface area contributed by atoms with Crippen LogP contribution in [-0.2, 0) is 4.79 Å². The monoisotopic (exact) mass is 241 g/mol. The van der Waals surface area contributed by atoms with E-state index in [2.05, 4.69) is 12.2 Å². The van der Waals surface area contributed by atoms with E-state index >= 15 is 0 Å². The third-order valence-corrected chi connectivity index (χ3v) is 3.66. The maximum absolute atomic E-state index is 11.6. The Balaban J connectivity index is 2.20. The molecule has 1 fully saturated rings. The Morgan fingerprint density at radius 3 is 2.41 bits per heavy atom. The molecule has 17 heavy (non-hydrogen) atoms. The summed E-state index contributed by atoms with van der Waals surface area (Å²) in [4.78, 5) is 11.6. The fraction of sp³-hybridized carbons (Fsp3) is 0.929. The van der Waals surface area contributed by atoms with Gasteiger partial charge in [0.15, 0.2) is 0 Å². The molecule has 1 rings (SSSR count). The Kier molecular flexibility index (Phi) is 6.56. The second-order valence-corrected chi connectivity index (χ2v) is 5.37. The van der Waals surface area contributed by atoms with E-state index in [1.807, 2.05) is 0 Å². The van der Waals surface area contributed by atoms with Gasteiger partial charge in [0.05, 0.1) is 5.60 Å². The highest BCUT2D eigenvalue weighted by Crippen LogP contribution is 2.26. The summed E-state index contributed by atoms with van der Waals surface area (Å²) in [7, 11) is 0. The number of hydrogen-bond acceptors (Lipinski definition) is 2. The minimum atomic E-state index is -0.642. The molecule has 2 N–H and O–H groups in total. The predicted octanol–water partition coefficient (Wildman–Crippen LogP) is 2.77. The van der Waals surface area contributed by atoms with Crippen LogP contribution >= 0.6 is 0 Å². The zero-order valence-corrected chi connectivity index (χ0v) is 11.1. The number of carbonyl (C=O) groups excluding carboxylic acids is 1. The number of aliphatic hydroxyl groups is 1. The normalized spacial score (nSPS) is 19.6. The predicted molar refractivity (Wildman–Crippen MR) is 69.8 cm³/mol. The molecule has 0 radical (unpaired) electrons. The number of unbranched alkanes of at least 4 members (excludes halogenated alkanes) is 2. The highest BCUT2D eigenvalue weighted by Gasteiger charge is 2.28. The van der Waals surface area contributed by atoms with Crippen molar-refractivity contribution >= 4 is 5.91 Å². The Labute approximate surface area is 105 Å². The molecule has 0 aromatic heterocycles. The van der Waals surface area contributed by atoms with Crippen LogP contribution in [0, 0.1) is 0 Å². The first-order chi connectivity index (χ1) is 8.16. The van der Waals surface area contributed by atoms with Crippen molar-refractivity contribution < 1.29 is 9.90 Å². The van der Waals surface area contributed by atoms with Crippen molar-refractivity contribution in [1.82, 2.24) is 5.32 Å². The lowest BCUT2D eigenvalue weighted by atomic mass is 9.94. The molecule has 0 heterocycles. The number of hydrogen-bond donors (Lipinski definition) is 2. The minimum absolute atomic E-state index is 0.0936. The molecule has 0 spiro atoms. The Morgan fingerprint density at radius 1 is 1.18 bits per heavy atom. The van der Waals surface area contributed by atoms with Gasteiger partial charge in [0.25, 0.3) is 0 Å². The Morgan fingerprint density at radius 2 is 1.82 bits per heavy atom. The summed E-state index contributed by atoms with van der Waals surface area (Å²) in [5.41, 5.74) is -0.642. The summed E-state index contributed by atoms with van der Waals surface area (Å²) >= 11 is 0. The molecule has 0 saturated heterocycles. The standard InChI is InChI=1S/C14H27NO2/c1-2-3-6-9-13(16)15-12-14(17)10-7-4-5-8-11-14/h17H,2-12H2,1H3,(H,15,16). The maximum atomic E-state index is 11.6. The highest BCUT2D eigenvalue weighted by atomic mass is 16.3. The van der Waals surface area contributed by atoms with Crippen LogP contribution in [0.25, 0.3) is 0 Å². The number of rotatable bonds is 6. The van der Waals surface area contributed by atoms with Crippen molar-refractivity contribution in [2.45, 2.75) is 76.7 Å². The lowest BCUT2D eigenvalue weighted by molar-refractivity contribution is -0.122. The van der Waals surface area contributed by atoms with Gasteiger partial charge in [-0.1, -0.05) is 45.4 Å². The molecule has 3 nitrogen and oxygen atoms in total. The third-order valence-electron chi connectivity index (χ3n) is 3.66. The number of amides is 1. The van der Waals surface area contributed by atoms with Crippen molar-refractivity contribution in [3.8, 4) is 0 Å². The van der Waals surface area contributed by atoms with Gasteiger partial charge in [0, 0.05) is 13.0 Å². The van der Waals surface area contributed by atoms with Gasteiger partial charge < -0.3 is 10.4 Å². The summed E-state index contributed by atoms with van der Waals surface area (Å²) in [6.45, 7) is 2.57. The molecule has 1 aliphatic rings. The maximum Gasteiger partial charge on any atom is 0.220 e. The van der Waals surface area contributed by atoms with E-state index in [1.165, 1.54) is 12.8 Å². The van der Waals surface area contributed by atoms with Crippen LogP contribution in [0.1, 0.15) is 71.1 Å². The molecule has 0 aromatic carbocycles. The lowest BCUT2D eigenvalue weighted by Crippen LogP contribution is -2.42. The van der Waals surface area contributed by atoms with E-state index in [4.69, 9.17) is 0 Å². The summed E-state index contributed by atoms with van der Waals surface area (Å²) in [5.74, 6) is 0.0936. The first-order valence-electron chi connectivity index (χ1n) is 7.15. The van der Waals surface area contributed by atoms with Gasteiger partial charge in [-0.3, -0.25) is 4.79 Å². The third kappa shape index (κ3) is 6.06. The lowest BCUT2D eigenvalue weighted by Gasteiger charge is -2.26. The van der Waals surface area contributed by atoms with E-state index in [0.29, 0.717) is 13.0 Å². The van der Waals surface area contributed by atoms with Gasteiger partial charge in [-0.05, 0) is 19.3 Å². The van der Waals surface area contributed by atoms with Crippen LogP contribution in [0.3, 0.4) is 0 Å². The summed E-state index contributed by atoms with van der Waals surface area (Å²) in [6, 6.07) is 0. The average Bonchev–Trinajstić information content (AvgIpc) is 2.53. The second kappa shape index (κ2) is 7.70. The molecule has 0 aliphatic heterocycles. The molecule has 3 heteroatoms. The molecular weight excluding hydrogens is 214 g/mol. The van der Waals surface area contributed by atoms with Crippen molar-refractivity contribution in [2.24, 2.45) is 0 Å². The van der Waals surface area contributed by atoms with Crippen LogP contribution in [0.2, 0.25) is 0 Å². The zero-order chi connectivity index (χ0) is 12.6. The smallest absolute Gasteiger partial charge is 0.220 e. The van der Waals surface area contributed by atoms with Crippen LogP contribution in [0.4, 0.5) is 0 Å². The first-order valence-corrected chi connectivity index (χ1v) is 7.15. The van der Waals surface area contributed by atoms with Gasteiger partial charge in [0.2, 0.25) is 5.91 Å². The van der Waals surface area contributed by atoms with E-state index in [9.17, 15) is 9.90 Å². The van der Waals surface area contributed by atoms with Crippen molar-refractivity contribution in [1.29, 1.82) is 0 Å². The van der Waals surface area contributed by atoms with E-state index in [0.717, 1.165) is 44.9 Å². The molecular formula is C14H27NO2. The average molecular weight is 241 g/mol. The van der Waals surface area contributed by atoms with Gasteiger partial charge in [-0.2, -0.15) is 0 Å². The summed E-state index contributed by atoms with van der Waals surface area (Å²) < 4.78 is 0. The molecule has 0 bridgehead atoms. The highest BCUT2D eigenvalue weighted by molar-refractivity contribution is 5.75.